The average Bonchev–Trinajstić information content (AvgIpc) is 2.90. The zero-order valence-electron chi connectivity index (χ0n) is 19.0. The van der Waals surface area contributed by atoms with Gasteiger partial charge in [0.2, 0.25) is 11.8 Å². The molecule has 0 spiro atoms. The lowest BCUT2D eigenvalue weighted by molar-refractivity contribution is -0.152. The predicted molar refractivity (Wildman–Crippen MR) is 118 cm³/mol. The van der Waals surface area contributed by atoms with E-state index in [1.54, 1.807) is 6.07 Å². The number of primary amides is 1. The standard InChI is InChI=1S/C24H22F7N3O3/c25-17-7-3-6-13-12-4-1-2-5-14(12)19(22(37)33-18(13)17)34-21(36)16(9-11-24(29,30)31)15(20(32)35)8-10-23(26,27)28/h1-7,15-16,19H,8-11H2,(H2,32,35)(H,33,37)(H,34,36)/t15-,16+,19-/m0/s1. The highest BCUT2D eigenvalue weighted by Crippen LogP contribution is 2.39. The van der Waals surface area contributed by atoms with E-state index in [4.69, 9.17) is 5.73 Å². The molecule has 0 unspecified atom stereocenters. The largest absolute Gasteiger partial charge is 0.389 e. The van der Waals surface area contributed by atoms with Crippen molar-refractivity contribution < 1.29 is 45.1 Å². The summed E-state index contributed by atoms with van der Waals surface area (Å²) in [6.45, 7) is 0. The fourth-order valence-corrected chi connectivity index (χ4v) is 4.29. The van der Waals surface area contributed by atoms with Crippen molar-refractivity contribution in [2.75, 3.05) is 5.32 Å². The van der Waals surface area contributed by atoms with Crippen LogP contribution in [-0.4, -0.2) is 30.1 Å². The van der Waals surface area contributed by atoms with Crippen molar-refractivity contribution in [1.82, 2.24) is 5.32 Å². The molecule has 2 aromatic rings. The van der Waals surface area contributed by atoms with Crippen molar-refractivity contribution in [3.05, 3.63) is 53.8 Å². The van der Waals surface area contributed by atoms with Crippen LogP contribution >= 0.6 is 0 Å². The Morgan fingerprint density at radius 3 is 2.05 bits per heavy atom. The van der Waals surface area contributed by atoms with E-state index in [0.717, 1.165) is 6.07 Å². The van der Waals surface area contributed by atoms with Crippen LogP contribution in [0, 0.1) is 17.7 Å². The number of alkyl halides is 6. The molecule has 0 radical (unpaired) electrons. The SMILES string of the molecule is NC(=O)[C@@H](CCC(F)(F)F)[C@@H](CCC(F)(F)F)C(=O)N[C@@H]1C(=O)Nc2c(F)cccc2-c2ccccc21. The van der Waals surface area contributed by atoms with Crippen LogP contribution in [-0.2, 0) is 14.4 Å². The molecule has 2 aromatic carbocycles. The second-order valence-electron chi connectivity index (χ2n) is 8.60. The number of carbonyl (C=O) groups excluding carboxylic acids is 3. The van der Waals surface area contributed by atoms with E-state index in [2.05, 4.69) is 10.6 Å². The van der Waals surface area contributed by atoms with E-state index in [1.807, 2.05) is 0 Å². The summed E-state index contributed by atoms with van der Waals surface area (Å²) in [5.41, 5.74) is 5.77. The van der Waals surface area contributed by atoms with Gasteiger partial charge in [0.15, 0.2) is 0 Å². The summed E-state index contributed by atoms with van der Waals surface area (Å²) in [7, 11) is 0. The number of benzene rings is 2. The molecule has 3 rings (SSSR count). The molecule has 200 valence electrons. The van der Waals surface area contributed by atoms with Gasteiger partial charge in [0.05, 0.1) is 5.69 Å². The Balaban J connectivity index is 1.97. The van der Waals surface area contributed by atoms with Crippen molar-refractivity contribution in [3.8, 4) is 11.1 Å². The number of nitrogens with two attached hydrogens (primary N) is 1. The van der Waals surface area contributed by atoms with Crippen molar-refractivity contribution >= 4 is 23.4 Å². The van der Waals surface area contributed by atoms with E-state index in [9.17, 15) is 45.1 Å². The number of anilines is 1. The number of amides is 3. The lowest BCUT2D eigenvalue weighted by Gasteiger charge is -2.27. The minimum absolute atomic E-state index is 0.165. The van der Waals surface area contributed by atoms with Gasteiger partial charge in [-0.1, -0.05) is 36.4 Å². The maximum atomic E-state index is 14.5. The summed E-state index contributed by atoms with van der Waals surface area (Å²) < 4.78 is 91.7. The maximum absolute atomic E-state index is 14.5. The van der Waals surface area contributed by atoms with Gasteiger partial charge in [0.25, 0.3) is 5.91 Å². The highest BCUT2D eigenvalue weighted by Gasteiger charge is 2.41. The Morgan fingerprint density at radius 1 is 0.892 bits per heavy atom. The van der Waals surface area contributed by atoms with Gasteiger partial charge >= 0.3 is 12.4 Å². The third kappa shape index (κ3) is 6.98. The fourth-order valence-electron chi connectivity index (χ4n) is 4.29. The second kappa shape index (κ2) is 10.8. The first-order chi connectivity index (χ1) is 17.2. The Morgan fingerprint density at radius 2 is 1.46 bits per heavy atom. The van der Waals surface area contributed by atoms with E-state index < -0.39 is 79.5 Å². The zero-order chi connectivity index (χ0) is 27.5. The maximum Gasteiger partial charge on any atom is 0.389 e. The summed E-state index contributed by atoms with van der Waals surface area (Å²) >= 11 is 0. The van der Waals surface area contributed by atoms with Gasteiger partial charge in [0.1, 0.15) is 11.9 Å². The quantitative estimate of drug-likeness (QED) is 0.416. The minimum Gasteiger partial charge on any atom is -0.369 e. The molecular weight excluding hydrogens is 511 g/mol. The molecule has 1 heterocycles. The van der Waals surface area contributed by atoms with Crippen LogP contribution in [0.3, 0.4) is 0 Å². The highest BCUT2D eigenvalue weighted by atomic mass is 19.4. The number of para-hydroxylation sites is 1. The van der Waals surface area contributed by atoms with Crippen molar-refractivity contribution in [1.29, 1.82) is 0 Å². The van der Waals surface area contributed by atoms with Crippen LogP contribution in [0.4, 0.5) is 36.4 Å². The Hall–Kier alpha value is -3.64. The number of nitrogens with one attached hydrogen (secondary N) is 2. The monoisotopic (exact) mass is 533 g/mol. The van der Waals surface area contributed by atoms with E-state index in [-0.39, 0.29) is 16.8 Å². The predicted octanol–water partition coefficient (Wildman–Crippen LogP) is 5.00. The first kappa shape index (κ1) is 27.9. The van der Waals surface area contributed by atoms with Gasteiger partial charge < -0.3 is 16.4 Å². The third-order valence-electron chi connectivity index (χ3n) is 6.04. The lowest BCUT2D eigenvalue weighted by atomic mass is 9.83. The van der Waals surface area contributed by atoms with Crippen molar-refractivity contribution in [2.45, 2.75) is 44.1 Å². The van der Waals surface area contributed by atoms with Crippen molar-refractivity contribution in [2.24, 2.45) is 17.6 Å². The molecule has 0 fully saturated rings. The normalized spacial score (nSPS) is 17.1. The number of carbonyl (C=O) groups is 3. The molecule has 0 saturated heterocycles. The molecule has 0 saturated carbocycles. The fraction of sp³-hybridized carbons (Fsp3) is 0.375. The van der Waals surface area contributed by atoms with Crippen LogP contribution in [0.25, 0.3) is 11.1 Å². The first-order valence-corrected chi connectivity index (χ1v) is 11.1. The molecule has 0 bridgehead atoms. The van der Waals surface area contributed by atoms with Gasteiger partial charge in [-0.05, 0) is 30.0 Å². The second-order valence-corrected chi connectivity index (χ2v) is 8.60. The highest BCUT2D eigenvalue weighted by molar-refractivity contribution is 6.05. The number of rotatable bonds is 8. The molecule has 3 amide bonds. The molecule has 0 aliphatic carbocycles. The molecule has 13 heteroatoms. The number of halogens is 7. The number of hydrogen-bond acceptors (Lipinski definition) is 3. The summed E-state index contributed by atoms with van der Waals surface area (Å²) in [4.78, 5) is 38.2. The number of fused-ring (bicyclic) bond motifs is 3. The van der Waals surface area contributed by atoms with Gasteiger partial charge in [-0.25, -0.2) is 4.39 Å². The zero-order valence-corrected chi connectivity index (χ0v) is 19.0. The summed E-state index contributed by atoms with van der Waals surface area (Å²) in [5.74, 6) is -8.17. The topological polar surface area (TPSA) is 101 Å². The minimum atomic E-state index is -4.78. The molecule has 4 N–H and O–H groups in total. The Labute approximate surface area is 206 Å². The van der Waals surface area contributed by atoms with Gasteiger partial charge in [-0.2, -0.15) is 26.3 Å². The Bertz CT molecular complexity index is 1180. The van der Waals surface area contributed by atoms with Crippen molar-refractivity contribution in [3.63, 3.8) is 0 Å². The van der Waals surface area contributed by atoms with Gasteiger partial charge in [0, 0.05) is 30.2 Å². The lowest BCUT2D eigenvalue weighted by Crippen LogP contribution is -2.45. The molecule has 0 aromatic heterocycles. The van der Waals surface area contributed by atoms with Crippen LogP contribution < -0.4 is 16.4 Å². The van der Waals surface area contributed by atoms with Crippen LogP contribution in [0.2, 0.25) is 0 Å². The smallest absolute Gasteiger partial charge is 0.369 e. The van der Waals surface area contributed by atoms with E-state index >= 15 is 0 Å². The van der Waals surface area contributed by atoms with Crippen LogP contribution in [0.1, 0.15) is 37.3 Å². The molecule has 6 nitrogen and oxygen atoms in total. The average molecular weight is 533 g/mol. The van der Waals surface area contributed by atoms with E-state index in [1.165, 1.54) is 30.3 Å². The molecule has 37 heavy (non-hydrogen) atoms. The summed E-state index contributed by atoms with van der Waals surface area (Å²) in [5, 5.41) is 4.59. The third-order valence-corrected chi connectivity index (χ3v) is 6.04. The van der Waals surface area contributed by atoms with E-state index in [0.29, 0.717) is 5.56 Å². The molecule has 1 aliphatic heterocycles. The summed E-state index contributed by atoms with van der Waals surface area (Å²) in [6.07, 6.45) is -14.7. The number of hydrogen-bond donors (Lipinski definition) is 3. The molecular formula is C24H22F7N3O3. The van der Waals surface area contributed by atoms with Gasteiger partial charge in [-0.3, -0.25) is 14.4 Å². The Kier molecular flexibility index (Phi) is 8.13. The first-order valence-electron chi connectivity index (χ1n) is 11.1. The van der Waals surface area contributed by atoms with Gasteiger partial charge in [-0.15, -0.1) is 0 Å². The molecule has 3 atom stereocenters. The molecule has 1 aliphatic rings. The summed E-state index contributed by atoms with van der Waals surface area (Å²) in [6, 6.07) is 8.48. The van der Waals surface area contributed by atoms with Crippen LogP contribution in [0.5, 0.6) is 0 Å². The van der Waals surface area contributed by atoms with Crippen LogP contribution in [0.15, 0.2) is 42.5 Å².